The molecule has 0 spiro atoms. The van der Waals surface area contributed by atoms with Gasteiger partial charge in [-0.3, -0.25) is 9.59 Å². The summed E-state index contributed by atoms with van der Waals surface area (Å²) >= 11 is 0. The molecule has 43 heavy (non-hydrogen) atoms. The third-order valence-corrected chi connectivity index (χ3v) is 7.30. The molecule has 3 aromatic carbocycles. The lowest BCUT2D eigenvalue weighted by atomic mass is 9.92. The van der Waals surface area contributed by atoms with Crippen molar-refractivity contribution >= 4 is 11.9 Å². The predicted molar refractivity (Wildman–Crippen MR) is 145 cm³/mol. The summed E-state index contributed by atoms with van der Waals surface area (Å²) in [7, 11) is 0. The van der Waals surface area contributed by atoms with Crippen LogP contribution in [0.15, 0.2) is 72.5 Å². The molecule has 0 aromatic heterocycles. The van der Waals surface area contributed by atoms with Crippen molar-refractivity contribution in [2.45, 2.75) is 44.8 Å². The van der Waals surface area contributed by atoms with Crippen LogP contribution in [0.3, 0.4) is 0 Å². The molecule has 224 valence electrons. The standard InChI is InChI=1S/C31H25F5N2O5/c1-15-4-3-5-24-27(15)17-10-16(2)28(33)21(11-17)23(14-26(40)41)37-30(42)29(20-13-19(43-24)6-7-22(20)32)38-9-8-18(12-25(38)39)31(34,35)36/h3-13,23,25,29,39H,14H2,1-2H3,(H,37,42)(H,40,41)/t23-,25?,29-/m0/s1. The molecule has 5 rings (SSSR count). The summed E-state index contributed by atoms with van der Waals surface area (Å²) in [6.45, 7) is 3.26. The predicted octanol–water partition coefficient (Wildman–Crippen LogP) is 6.36. The number of allylic oxidation sites excluding steroid dienone is 2. The normalized spacial score (nSPS) is 20.1. The van der Waals surface area contributed by atoms with Crippen molar-refractivity contribution in [3.05, 3.63) is 106 Å². The van der Waals surface area contributed by atoms with Crippen LogP contribution in [-0.4, -0.2) is 39.4 Å². The first-order valence-electron chi connectivity index (χ1n) is 13.1. The molecule has 3 atom stereocenters. The van der Waals surface area contributed by atoms with E-state index in [9.17, 15) is 33.0 Å². The Labute approximate surface area is 242 Å². The number of carbonyl (C=O) groups excluding carboxylic acids is 1. The molecule has 7 nitrogen and oxygen atoms in total. The number of amides is 1. The third-order valence-electron chi connectivity index (χ3n) is 7.30. The molecule has 0 aliphatic carbocycles. The van der Waals surface area contributed by atoms with Gasteiger partial charge in [-0.25, -0.2) is 8.78 Å². The Bertz CT molecular complexity index is 1680. The van der Waals surface area contributed by atoms with Crippen LogP contribution < -0.4 is 10.1 Å². The molecule has 0 saturated carbocycles. The van der Waals surface area contributed by atoms with Gasteiger partial charge in [-0.1, -0.05) is 12.1 Å². The van der Waals surface area contributed by atoms with Gasteiger partial charge in [0.15, 0.2) is 0 Å². The maximum absolute atomic E-state index is 15.6. The zero-order valence-corrected chi connectivity index (χ0v) is 22.7. The quantitative estimate of drug-likeness (QED) is 0.303. The number of nitrogens with one attached hydrogen (secondary N) is 1. The van der Waals surface area contributed by atoms with Crippen LogP contribution in [0.1, 0.15) is 40.8 Å². The Morgan fingerprint density at radius 3 is 2.47 bits per heavy atom. The molecule has 1 unspecified atom stereocenters. The van der Waals surface area contributed by atoms with Gasteiger partial charge in [0.05, 0.1) is 18.0 Å². The summed E-state index contributed by atoms with van der Waals surface area (Å²) in [6.07, 6.45) is -5.78. The highest BCUT2D eigenvalue weighted by atomic mass is 19.4. The van der Waals surface area contributed by atoms with Crippen molar-refractivity contribution in [2.75, 3.05) is 0 Å². The number of benzene rings is 3. The Kier molecular flexibility index (Phi) is 7.74. The molecule has 3 aromatic rings. The zero-order valence-electron chi connectivity index (χ0n) is 22.7. The average molecular weight is 601 g/mol. The lowest BCUT2D eigenvalue weighted by molar-refractivity contribution is -0.138. The molecular formula is C31H25F5N2O5. The van der Waals surface area contributed by atoms with E-state index in [2.05, 4.69) is 5.32 Å². The van der Waals surface area contributed by atoms with Crippen LogP contribution in [0, 0.1) is 25.5 Å². The summed E-state index contributed by atoms with van der Waals surface area (Å²) in [5.74, 6) is -3.91. The molecule has 2 aliphatic rings. The second-order valence-corrected chi connectivity index (χ2v) is 10.3. The smallest absolute Gasteiger partial charge is 0.416 e. The first-order chi connectivity index (χ1) is 20.2. The minimum absolute atomic E-state index is 0.0587. The van der Waals surface area contributed by atoms with E-state index in [1.165, 1.54) is 25.1 Å². The minimum Gasteiger partial charge on any atom is -0.481 e. The van der Waals surface area contributed by atoms with Crippen molar-refractivity contribution in [1.29, 1.82) is 0 Å². The number of halogens is 5. The molecule has 0 radical (unpaired) electrons. The highest BCUT2D eigenvalue weighted by Gasteiger charge is 2.39. The second kappa shape index (κ2) is 11.2. The molecule has 0 saturated heterocycles. The number of rotatable bonds is 3. The number of aryl methyl sites for hydroxylation is 2. The number of hydrogen-bond acceptors (Lipinski definition) is 5. The number of carboxylic acid groups (broad SMARTS) is 1. The first-order valence-corrected chi connectivity index (χ1v) is 13.1. The number of hydrogen-bond donors (Lipinski definition) is 3. The first kappa shape index (κ1) is 29.8. The number of carbonyl (C=O) groups is 2. The number of fused-ring (bicyclic) bond motifs is 6. The molecule has 12 heteroatoms. The summed E-state index contributed by atoms with van der Waals surface area (Å²) in [4.78, 5) is 26.5. The molecule has 2 heterocycles. The van der Waals surface area contributed by atoms with E-state index in [0.717, 1.165) is 22.7 Å². The van der Waals surface area contributed by atoms with Crippen molar-refractivity contribution in [1.82, 2.24) is 10.2 Å². The lowest BCUT2D eigenvalue weighted by Crippen LogP contribution is -2.45. The number of ether oxygens (including phenoxy) is 1. The van der Waals surface area contributed by atoms with E-state index in [-0.39, 0.29) is 22.6 Å². The van der Waals surface area contributed by atoms with Crippen molar-refractivity contribution < 1.29 is 46.5 Å². The maximum atomic E-state index is 15.6. The van der Waals surface area contributed by atoms with Gasteiger partial charge in [-0.2, -0.15) is 13.2 Å². The van der Waals surface area contributed by atoms with E-state index >= 15 is 8.78 Å². The van der Waals surface area contributed by atoms with Crippen molar-refractivity contribution in [3.8, 4) is 22.6 Å². The van der Waals surface area contributed by atoms with Gasteiger partial charge in [-0.15, -0.1) is 0 Å². The fourth-order valence-electron chi connectivity index (χ4n) is 5.30. The molecule has 1 amide bonds. The molecule has 3 N–H and O–H groups in total. The topological polar surface area (TPSA) is 99.1 Å². The van der Waals surface area contributed by atoms with Crippen LogP contribution in [-0.2, 0) is 9.59 Å². The van der Waals surface area contributed by atoms with Gasteiger partial charge < -0.3 is 25.2 Å². The average Bonchev–Trinajstić information content (AvgIpc) is 2.92. The van der Waals surface area contributed by atoms with Gasteiger partial charge >= 0.3 is 12.1 Å². The van der Waals surface area contributed by atoms with Gasteiger partial charge in [-0.05, 0) is 79.1 Å². The fourth-order valence-corrected chi connectivity index (χ4v) is 5.30. The number of aliphatic hydroxyl groups excluding tert-OH is 1. The largest absolute Gasteiger partial charge is 0.481 e. The van der Waals surface area contributed by atoms with E-state index in [1.54, 1.807) is 31.2 Å². The van der Waals surface area contributed by atoms with Crippen LogP contribution >= 0.6 is 0 Å². The Morgan fingerprint density at radius 1 is 1.05 bits per heavy atom. The van der Waals surface area contributed by atoms with Crippen molar-refractivity contribution in [2.24, 2.45) is 0 Å². The Balaban J connectivity index is 1.75. The highest BCUT2D eigenvalue weighted by molar-refractivity contribution is 5.85. The lowest BCUT2D eigenvalue weighted by Gasteiger charge is -2.36. The zero-order chi connectivity index (χ0) is 31.2. The monoisotopic (exact) mass is 600 g/mol. The summed E-state index contributed by atoms with van der Waals surface area (Å²) in [6, 6.07) is 8.19. The van der Waals surface area contributed by atoms with E-state index < -0.39 is 65.6 Å². The number of nitrogens with zero attached hydrogens (tertiary/aromatic N) is 1. The molecule has 0 fully saturated rings. The molecule has 4 bridgehead atoms. The van der Waals surface area contributed by atoms with Crippen LogP contribution in [0.25, 0.3) is 11.1 Å². The van der Waals surface area contributed by atoms with Gasteiger partial charge in [0, 0.05) is 22.9 Å². The Morgan fingerprint density at radius 2 is 1.79 bits per heavy atom. The molecular weight excluding hydrogens is 575 g/mol. The van der Waals surface area contributed by atoms with Crippen LogP contribution in [0.5, 0.6) is 11.5 Å². The van der Waals surface area contributed by atoms with E-state index in [0.29, 0.717) is 23.3 Å². The number of carboxylic acids is 1. The minimum atomic E-state index is -4.81. The van der Waals surface area contributed by atoms with Crippen LogP contribution in [0.2, 0.25) is 0 Å². The summed E-state index contributed by atoms with van der Waals surface area (Å²) in [5.41, 5.74) is 0.0920. The van der Waals surface area contributed by atoms with Gasteiger partial charge in [0.2, 0.25) is 5.91 Å². The molecule has 2 aliphatic heterocycles. The number of aliphatic hydroxyl groups is 1. The second-order valence-electron chi connectivity index (χ2n) is 10.3. The SMILES string of the molecule is Cc1cc2cc(c1F)[C@H](CC(=O)O)NC(=O)[C@@H](N1C=CC(C(F)(F)F)=CC1O)c1cc(ccc1F)Oc1cccc(C)c1-2. The van der Waals surface area contributed by atoms with E-state index in [4.69, 9.17) is 4.74 Å². The number of aliphatic carboxylic acids is 1. The van der Waals surface area contributed by atoms with Crippen molar-refractivity contribution in [3.63, 3.8) is 0 Å². The van der Waals surface area contributed by atoms with Crippen LogP contribution in [0.4, 0.5) is 22.0 Å². The third kappa shape index (κ3) is 5.82. The highest BCUT2D eigenvalue weighted by Crippen LogP contribution is 2.41. The fraction of sp³-hybridized carbons (Fsp3) is 0.226. The summed E-state index contributed by atoms with van der Waals surface area (Å²) in [5, 5.41) is 22.8. The maximum Gasteiger partial charge on any atom is 0.416 e. The van der Waals surface area contributed by atoms with E-state index in [1.807, 2.05) is 0 Å². The van der Waals surface area contributed by atoms with Gasteiger partial charge in [0.1, 0.15) is 35.4 Å². The summed E-state index contributed by atoms with van der Waals surface area (Å²) < 4.78 is 77.2. The number of alkyl halides is 3. The Hall–Kier alpha value is -4.71. The van der Waals surface area contributed by atoms with Gasteiger partial charge in [0.25, 0.3) is 0 Å².